The van der Waals surface area contributed by atoms with Crippen molar-refractivity contribution in [3.8, 4) is 6.07 Å². The zero-order chi connectivity index (χ0) is 14.8. The van der Waals surface area contributed by atoms with Gasteiger partial charge in [0.05, 0.1) is 18.8 Å². The molecule has 0 aromatic heterocycles. The first-order valence-corrected chi connectivity index (χ1v) is 7.99. The Balaban J connectivity index is 2.35. The van der Waals surface area contributed by atoms with Gasteiger partial charge >= 0.3 is 0 Å². The van der Waals surface area contributed by atoms with E-state index < -0.39 is 5.41 Å². The fourth-order valence-corrected chi connectivity index (χ4v) is 2.98. The Hall–Kier alpha value is -1.08. The minimum Gasteiger partial charge on any atom is -0.376 e. The van der Waals surface area contributed by atoms with E-state index in [0.29, 0.717) is 32.1 Å². The molecule has 0 aromatic rings. The van der Waals surface area contributed by atoms with Crippen LogP contribution < -0.4 is 5.32 Å². The molecule has 114 valence electrons. The van der Waals surface area contributed by atoms with Gasteiger partial charge in [0.1, 0.15) is 5.41 Å². The van der Waals surface area contributed by atoms with Crippen molar-refractivity contribution in [1.29, 1.82) is 5.26 Å². The van der Waals surface area contributed by atoms with Crippen molar-refractivity contribution >= 4 is 5.91 Å². The van der Waals surface area contributed by atoms with Crippen LogP contribution >= 0.6 is 0 Å². The first kappa shape index (κ1) is 17.0. The molecule has 1 aliphatic carbocycles. The summed E-state index contributed by atoms with van der Waals surface area (Å²) in [6.07, 6.45) is 8.12. The van der Waals surface area contributed by atoms with Crippen molar-refractivity contribution in [2.24, 2.45) is 5.41 Å². The van der Waals surface area contributed by atoms with Crippen molar-refractivity contribution in [3.63, 3.8) is 0 Å². The molecule has 0 heterocycles. The van der Waals surface area contributed by atoms with E-state index in [4.69, 9.17) is 4.74 Å². The van der Waals surface area contributed by atoms with Gasteiger partial charge in [-0.15, -0.1) is 0 Å². The van der Waals surface area contributed by atoms with Crippen LogP contribution in [0.5, 0.6) is 0 Å². The molecule has 1 fully saturated rings. The third-order valence-electron chi connectivity index (χ3n) is 4.05. The number of amides is 1. The lowest BCUT2D eigenvalue weighted by molar-refractivity contribution is -0.129. The average molecular weight is 280 g/mol. The molecule has 0 bridgehead atoms. The first-order chi connectivity index (χ1) is 9.68. The summed E-state index contributed by atoms with van der Waals surface area (Å²) in [4.78, 5) is 12.3. The van der Waals surface area contributed by atoms with Crippen molar-refractivity contribution in [3.05, 3.63) is 0 Å². The van der Waals surface area contributed by atoms with E-state index in [1.165, 1.54) is 12.8 Å². The van der Waals surface area contributed by atoms with Gasteiger partial charge < -0.3 is 10.1 Å². The third-order valence-corrected chi connectivity index (χ3v) is 4.05. The topological polar surface area (TPSA) is 62.1 Å². The highest BCUT2D eigenvalue weighted by Crippen LogP contribution is 2.29. The largest absolute Gasteiger partial charge is 0.376 e. The van der Waals surface area contributed by atoms with Crippen LogP contribution in [0.4, 0.5) is 0 Å². The summed E-state index contributed by atoms with van der Waals surface area (Å²) in [5.74, 6) is -0.126. The van der Waals surface area contributed by atoms with Crippen molar-refractivity contribution in [1.82, 2.24) is 5.32 Å². The highest BCUT2D eigenvalue weighted by molar-refractivity contribution is 5.85. The predicted octanol–water partition coefficient (Wildman–Crippen LogP) is 3.17. The predicted molar refractivity (Wildman–Crippen MR) is 79.1 cm³/mol. The number of ether oxygens (including phenoxy) is 1. The lowest BCUT2D eigenvalue weighted by Crippen LogP contribution is -2.41. The second kappa shape index (κ2) is 8.97. The minimum absolute atomic E-state index is 0.126. The molecule has 1 aliphatic rings. The van der Waals surface area contributed by atoms with Gasteiger partial charge in [-0.1, -0.05) is 39.5 Å². The van der Waals surface area contributed by atoms with Gasteiger partial charge in [-0.25, -0.2) is 0 Å². The highest BCUT2D eigenvalue weighted by atomic mass is 16.5. The molecular weight excluding hydrogens is 252 g/mol. The maximum absolute atomic E-state index is 12.3. The number of nitrogens with one attached hydrogen (secondary N) is 1. The Kier molecular flexibility index (Phi) is 7.61. The van der Waals surface area contributed by atoms with Crippen LogP contribution in [0.25, 0.3) is 0 Å². The van der Waals surface area contributed by atoms with E-state index in [2.05, 4.69) is 11.4 Å². The summed E-state index contributed by atoms with van der Waals surface area (Å²) in [6, 6.07) is 2.25. The summed E-state index contributed by atoms with van der Waals surface area (Å²) in [6.45, 7) is 5.08. The number of hydrogen-bond donors (Lipinski definition) is 1. The first-order valence-electron chi connectivity index (χ1n) is 7.99. The number of rotatable bonds is 9. The van der Waals surface area contributed by atoms with Gasteiger partial charge in [0.15, 0.2) is 0 Å². The number of nitrogens with zero attached hydrogens (tertiary/aromatic N) is 1. The molecule has 4 heteroatoms. The normalized spacial score (nSPS) is 16.1. The summed E-state index contributed by atoms with van der Waals surface area (Å²) in [5.41, 5.74) is -0.850. The van der Waals surface area contributed by atoms with Crippen molar-refractivity contribution in [2.75, 3.05) is 13.2 Å². The van der Waals surface area contributed by atoms with Crippen molar-refractivity contribution in [2.45, 2.75) is 71.3 Å². The van der Waals surface area contributed by atoms with Gasteiger partial charge in [0, 0.05) is 6.54 Å². The maximum atomic E-state index is 12.3. The van der Waals surface area contributed by atoms with Gasteiger partial charge in [0.2, 0.25) is 5.91 Å². The fourth-order valence-electron chi connectivity index (χ4n) is 2.98. The molecule has 0 aliphatic heterocycles. The Morgan fingerprint density at radius 2 is 1.90 bits per heavy atom. The lowest BCUT2D eigenvalue weighted by atomic mass is 9.80. The van der Waals surface area contributed by atoms with Gasteiger partial charge in [-0.3, -0.25) is 4.79 Å². The van der Waals surface area contributed by atoms with Crippen molar-refractivity contribution < 1.29 is 9.53 Å². The lowest BCUT2D eigenvalue weighted by Gasteiger charge is -2.24. The van der Waals surface area contributed by atoms with E-state index in [0.717, 1.165) is 25.7 Å². The minimum atomic E-state index is -0.850. The Morgan fingerprint density at radius 3 is 2.40 bits per heavy atom. The maximum Gasteiger partial charge on any atom is 0.240 e. The van der Waals surface area contributed by atoms with Crippen LogP contribution in [-0.4, -0.2) is 25.2 Å². The summed E-state index contributed by atoms with van der Waals surface area (Å²) in [7, 11) is 0. The zero-order valence-corrected chi connectivity index (χ0v) is 12.9. The average Bonchev–Trinajstić information content (AvgIpc) is 2.96. The third kappa shape index (κ3) is 4.79. The Labute approximate surface area is 122 Å². The second-order valence-corrected chi connectivity index (χ2v) is 5.73. The zero-order valence-electron chi connectivity index (χ0n) is 12.9. The number of nitriles is 1. The van der Waals surface area contributed by atoms with Crippen LogP contribution in [0.2, 0.25) is 0 Å². The Morgan fingerprint density at radius 1 is 1.30 bits per heavy atom. The van der Waals surface area contributed by atoms with Crippen LogP contribution in [0, 0.1) is 16.7 Å². The van der Waals surface area contributed by atoms with Crippen LogP contribution in [0.15, 0.2) is 0 Å². The summed E-state index contributed by atoms with van der Waals surface area (Å²) >= 11 is 0. The van der Waals surface area contributed by atoms with Gasteiger partial charge in [-0.05, 0) is 25.7 Å². The summed E-state index contributed by atoms with van der Waals surface area (Å²) in [5, 5.41) is 12.3. The number of carbonyl (C=O) groups is 1. The molecule has 1 N–H and O–H groups in total. The molecule has 20 heavy (non-hydrogen) atoms. The number of hydrogen-bond acceptors (Lipinski definition) is 3. The molecule has 0 spiro atoms. The summed E-state index contributed by atoms with van der Waals surface area (Å²) < 4.78 is 5.72. The molecule has 1 rings (SSSR count). The number of carbonyl (C=O) groups excluding carboxylic acids is 1. The quantitative estimate of drug-likeness (QED) is 0.660. The van der Waals surface area contributed by atoms with Crippen LogP contribution in [0.1, 0.15) is 65.2 Å². The molecular formula is C16H28N2O2. The Bertz CT molecular complexity index is 324. The molecule has 0 atom stereocenters. The molecule has 0 unspecified atom stereocenters. The second-order valence-electron chi connectivity index (χ2n) is 5.73. The van der Waals surface area contributed by atoms with Crippen LogP contribution in [-0.2, 0) is 9.53 Å². The smallest absolute Gasteiger partial charge is 0.240 e. The molecule has 0 saturated heterocycles. The van der Waals surface area contributed by atoms with E-state index in [1.807, 2.05) is 13.8 Å². The molecule has 1 amide bonds. The van der Waals surface area contributed by atoms with E-state index in [9.17, 15) is 10.1 Å². The van der Waals surface area contributed by atoms with Crippen LogP contribution in [0.3, 0.4) is 0 Å². The SMILES string of the molecule is CCCC(C#N)(CCC)C(=O)NCCOC1CCCC1. The molecule has 0 aromatic carbocycles. The van der Waals surface area contributed by atoms with E-state index in [1.54, 1.807) is 0 Å². The van der Waals surface area contributed by atoms with E-state index >= 15 is 0 Å². The monoisotopic (exact) mass is 280 g/mol. The standard InChI is InChI=1S/C16H28N2O2/c1-3-9-16(13-17,10-4-2)15(19)18-11-12-20-14-7-5-6-8-14/h14H,3-12H2,1-2H3,(H,18,19). The van der Waals surface area contributed by atoms with Gasteiger partial charge in [0.25, 0.3) is 0 Å². The molecule has 1 saturated carbocycles. The molecule has 4 nitrogen and oxygen atoms in total. The van der Waals surface area contributed by atoms with E-state index in [-0.39, 0.29) is 5.91 Å². The highest BCUT2D eigenvalue weighted by Gasteiger charge is 2.36. The fraction of sp³-hybridized carbons (Fsp3) is 0.875. The molecule has 0 radical (unpaired) electrons. The van der Waals surface area contributed by atoms with Gasteiger partial charge in [-0.2, -0.15) is 5.26 Å².